The number of anilines is 2. The number of H-pyrrole nitrogens is 1. The van der Waals surface area contributed by atoms with Gasteiger partial charge in [0.15, 0.2) is 11.6 Å². The van der Waals surface area contributed by atoms with Crippen molar-refractivity contribution in [2.24, 2.45) is 0 Å². The van der Waals surface area contributed by atoms with Crippen LogP contribution in [-0.4, -0.2) is 48.1 Å². The molecule has 4 rings (SSSR count). The number of ether oxygens (including phenoxy) is 1. The van der Waals surface area contributed by atoms with E-state index >= 15 is 0 Å². The molecule has 3 atom stereocenters. The van der Waals surface area contributed by atoms with Crippen LogP contribution in [0.1, 0.15) is 70.7 Å². The van der Waals surface area contributed by atoms with E-state index in [0.29, 0.717) is 17.3 Å². The molecule has 4 N–H and O–H groups in total. The largest absolute Gasteiger partial charge is 0.446 e. The van der Waals surface area contributed by atoms with Crippen LogP contribution in [0.2, 0.25) is 0 Å². The highest BCUT2D eigenvalue weighted by atomic mass is 16.6. The second-order valence-corrected chi connectivity index (χ2v) is 9.02. The van der Waals surface area contributed by atoms with Gasteiger partial charge in [-0.05, 0) is 52.5 Å². The first-order valence-corrected chi connectivity index (χ1v) is 11.1. The molecule has 1 aliphatic rings. The minimum atomic E-state index is -1.05. The first-order valence-electron chi connectivity index (χ1n) is 11.1. The third-order valence-electron chi connectivity index (χ3n) is 5.94. The number of nitrogens with zero attached hydrogens (tertiary/aromatic N) is 4. The fourth-order valence-electron chi connectivity index (χ4n) is 3.87. The van der Waals surface area contributed by atoms with Crippen LogP contribution in [0.5, 0.6) is 0 Å². The Morgan fingerprint density at radius 1 is 1.41 bits per heavy atom. The average molecular weight is 442 g/mol. The van der Waals surface area contributed by atoms with E-state index < -0.39 is 5.60 Å². The fourth-order valence-corrected chi connectivity index (χ4v) is 3.87. The summed E-state index contributed by atoms with van der Waals surface area (Å²) in [5, 5.41) is 28.2. The molecule has 3 aromatic heterocycles. The summed E-state index contributed by atoms with van der Waals surface area (Å²) in [6.45, 7) is 7.38. The van der Waals surface area contributed by atoms with E-state index in [2.05, 4.69) is 30.9 Å². The van der Waals surface area contributed by atoms with Gasteiger partial charge in [-0.1, -0.05) is 6.92 Å². The molecular weight excluding hydrogens is 410 g/mol. The number of alkyl carbamates (subject to hydrolysis) is 1. The van der Waals surface area contributed by atoms with Crippen LogP contribution in [0.3, 0.4) is 0 Å². The number of aromatic amines is 1. The zero-order chi connectivity index (χ0) is 22.9. The van der Waals surface area contributed by atoms with Gasteiger partial charge in [0.1, 0.15) is 17.2 Å². The summed E-state index contributed by atoms with van der Waals surface area (Å²) in [6, 6.07) is 3.88. The van der Waals surface area contributed by atoms with E-state index in [1.54, 1.807) is 30.8 Å². The fraction of sp³-hybridized carbons (Fsp3) is 0.545. The lowest BCUT2D eigenvalue weighted by Crippen LogP contribution is -2.34. The molecule has 32 heavy (non-hydrogen) atoms. The van der Waals surface area contributed by atoms with Gasteiger partial charge in [-0.3, -0.25) is 5.10 Å². The second kappa shape index (κ2) is 8.78. The van der Waals surface area contributed by atoms with Gasteiger partial charge >= 0.3 is 6.09 Å². The summed E-state index contributed by atoms with van der Waals surface area (Å²) in [4.78, 5) is 16.4. The minimum Gasteiger partial charge on any atom is -0.446 e. The van der Waals surface area contributed by atoms with Crippen molar-refractivity contribution < 1.29 is 14.6 Å². The summed E-state index contributed by atoms with van der Waals surface area (Å²) >= 11 is 0. The number of amides is 1. The molecule has 0 spiro atoms. The van der Waals surface area contributed by atoms with E-state index in [1.165, 1.54) is 0 Å². The molecule has 0 saturated heterocycles. The Balaban J connectivity index is 1.41. The maximum atomic E-state index is 12.0. The van der Waals surface area contributed by atoms with Crippen LogP contribution in [0.4, 0.5) is 16.4 Å². The summed E-state index contributed by atoms with van der Waals surface area (Å²) in [6.07, 6.45) is 6.34. The molecule has 0 radical (unpaired) electrons. The number of hydrogen-bond donors (Lipinski definition) is 4. The second-order valence-electron chi connectivity index (χ2n) is 9.02. The summed E-state index contributed by atoms with van der Waals surface area (Å²) < 4.78 is 7.26. The molecule has 0 aromatic carbocycles. The standard InChI is InChI=1S/C22H31N7O3/c1-5-13(2)24-21(30)32-15-7-6-14(10-15)16-11-19(27-26-16)25-20-17-12-18(22(3,4)31)28-29(17)9-8-23-20/h8-9,11-15,31H,5-7,10H2,1-4H3,(H,24,30)(H2,23,25,26,27)/t13-,14-,15+/m0/s1. The Kier molecular flexibility index (Phi) is 6.05. The molecule has 1 fully saturated rings. The Morgan fingerprint density at radius 3 is 2.97 bits per heavy atom. The number of rotatable bonds is 7. The summed E-state index contributed by atoms with van der Waals surface area (Å²) in [5.41, 5.74) is 1.26. The predicted octanol–water partition coefficient (Wildman–Crippen LogP) is 3.58. The Labute approximate surface area is 186 Å². The molecule has 0 unspecified atom stereocenters. The zero-order valence-corrected chi connectivity index (χ0v) is 18.9. The van der Waals surface area contributed by atoms with E-state index in [4.69, 9.17) is 4.74 Å². The van der Waals surface area contributed by atoms with Crippen LogP contribution < -0.4 is 10.6 Å². The highest BCUT2D eigenvalue weighted by Gasteiger charge is 2.30. The molecule has 10 nitrogen and oxygen atoms in total. The van der Waals surface area contributed by atoms with Crippen molar-refractivity contribution >= 4 is 23.2 Å². The maximum Gasteiger partial charge on any atom is 0.407 e. The van der Waals surface area contributed by atoms with Crippen molar-refractivity contribution in [2.45, 2.75) is 77.0 Å². The molecule has 1 saturated carbocycles. The SMILES string of the molecule is CC[C@H](C)NC(=O)O[C@@H]1CC[C@H](c2cc(Nc3nccn4nc(C(C)(C)O)cc34)n[nH]2)C1. The number of carbonyl (C=O) groups excluding carboxylic acids is 1. The molecule has 0 bridgehead atoms. The smallest absolute Gasteiger partial charge is 0.407 e. The van der Waals surface area contributed by atoms with Crippen molar-refractivity contribution in [3.63, 3.8) is 0 Å². The summed E-state index contributed by atoms with van der Waals surface area (Å²) in [7, 11) is 0. The number of fused-ring (bicyclic) bond motifs is 1. The van der Waals surface area contributed by atoms with Crippen LogP contribution in [0.25, 0.3) is 5.52 Å². The van der Waals surface area contributed by atoms with Crippen molar-refractivity contribution in [2.75, 3.05) is 5.32 Å². The monoisotopic (exact) mass is 441 g/mol. The molecular formula is C22H31N7O3. The lowest BCUT2D eigenvalue weighted by molar-refractivity contribution is 0.0735. The average Bonchev–Trinajstić information content (AvgIpc) is 3.46. The van der Waals surface area contributed by atoms with Gasteiger partial charge in [-0.2, -0.15) is 10.2 Å². The van der Waals surface area contributed by atoms with Crippen molar-refractivity contribution in [1.82, 2.24) is 30.1 Å². The molecule has 10 heteroatoms. The van der Waals surface area contributed by atoms with Crippen molar-refractivity contribution in [3.05, 3.63) is 35.9 Å². The highest BCUT2D eigenvalue weighted by Crippen LogP contribution is 2.36. The Hall–Kier alpha value is -3.14. The molecule has 1 aliphatic carbocycles. The van der Waals surface area contributed by atoms with Gasteiger partial charge in [-0.25, -0.2) is 14.3 Å². The third kappa shape index (κ3) is 4.85. The lowest BCUT2D eigenvalue weighted by Gasteiger charge is -2.16. The van der Waals surface area contributed by atoms with Crippen LogP contribution in [0, 0.1) is 0 Å². The Morgan fingerprint density at radius 2 is 2.22 bits per heavy atom. The lowest BCUT2D eigenvalue weighted by atomic mass is 10.0. The predicted molar refractivity (Wildman–Crippen MR) is 120 cm³/mol. The van der Waals surface area contributed by atoms with Crippen LogP contribution >= 0.6 is 0 Å². The quantitative estimate of drug-likeness (QED) is 0.441. The normalized spacial score (nSPS) is 19.8. The molecule has 3 aromatic rings. The van der Waals surface area contributed by atoms with E-state index in [-0.39, 0.29) is 24.2 Å². The Bertz CT molecular complexity index is 1080. The molecule has 3 heterocycles. The van der Waals surface area contributed by atoms with Gasteiger partial charge in [-0.15, -0.1) is 0 Å². The van der Waals surface area contributed by atoms with Gasteiger partial charge in [0.05, 0.1) is 5.69 Å². The van der Waals surface area contributed by atoms with Gasteiger partial charge in [0.25, 0.3) is 0 Å². The zero-order valence-electron chi connectivity index (χ0n) is 18.9. The van der Waals surface area contributed by atoms with E-state index in [0.717, 1.165) is 36.9 Å². The maximum absolute atomic E-state index is 12.0. The van der Waals surface area contributed by atoms with Gasteiger partial charge < -0.3 is 20.5 Å². The number of carbonyl (C=O) groups is 1. The third-order valence-corrected chi connectivity index (χ3v) is 5.94. The number of aromatic nitrogens is 5. The number of hydrogen-bond acceptors (Lipinski definition) is 7. The minimum absolute atomic E-state index is 0.0915. The molecule has 172 valence electrons. The summed E-state index contributed by atoms with van der Waals surface area (Å²) in [5.74, 6) is 1.49. The molecule has 1 amide bonds. The topological polar surface area (TPSA) is 129 Å². The van der Waals surface area contributed by atoms with Crippen LogP contribution in [-0.2, 0) is 10.3 Å². The van der Waals surface area contributed by atoms with Crippen LogP contribution in [0.15, 0.2) is 24.5 Å². The van der Waals surface area contributed by atoms with Gasteiger partial charge in [0.2, 0.25) is 0 Å². The van der Waals surface area contributed by atoms with E-state index in [1.807, 2.05) is 26.0 Å². The highest BCUT2D eigenvalue weighted by molar-refractivity contribution is 5.72. The number of nitrogens with one attached hydrogen (secondary N) is 3. The number of aliphatic hydroxyl groups is 1. The first kappa shape index (κ1) is 22.1. The first-order chi connectivity index (χ1) is 15.2. The molecule has 0 aliphatic heterocycles. The van der Waals surface area contributed by atoms with Crippen molar-refractivity contribution in [3.8, 4) is 0 Å². The van der Waals surface area contributed by atoms with Gasteiger partial charge in [0, 0.05) is 36.1 Å². The van der Waals surface area contributed by atoms with Crippen molar-refractivity contribution in [1.29, 1.82) is 0 Å². The van der Waals surface area contributed by atoms with E-state index in [9.17, 15) is 9.90 Å².